The van der Waals surface area contributed by atoms with Crippen LogP contribution in [0.5, 0.6) is 0 Å². The average molecular weight is 270 g/mol. The number of carbonyl (C=O) groups excluding carboxylic acids is 1. The smallest absolute Gasteiger partial charge is 0.236 e. The highest BCUT2D eigenvalue weighted by atomic mass is 32.1. The quantitative estimate of drug-likeness (QED) is 0.372. The second kappa shape index (κ2) is 5.34. The molecule has 0 radical (unpaired) electrons. The Morgan fingerprint density at radius 3 is 2.72 bits per heavy atom. The van der Waals surface area contributed by atoms with Crippen molar-refractivity contribution in [1.82, 2.24) is 9.88 Å². The van der Waals surface area contributed by atoms with Gasteiger partial charge in [-0.2, -0.15) is 0 Å². The number of aryl methyl sites for hydroxylation is 1. The lowest BCUT2D eigenvalue weighted by Gasteiger charge is -2.27. The van der Waals surface area contributed by atoms with Gasteiger partial charge in [0.05, 0.1) is 17.7 Å². The van der Waals surface area contributed by atoms with Gasteiger partial charge in [-0.1, -0.05) is 5.16 Å². The van der Waals surface area contributed by atoms with E-state index in [1.165, 1.54) is 11.3 Å². The standard InChI is InChI=1S/C11H18N4O2S/c1-7-8(18-6-13-7)5-15(4)10(16)11(2,3)9(12)14-17/h6,17H,5H2,1-4H3,(H2,12,14). The minimum absolute atomic E-state index is 0.0969. The molecule has 0 aromatic carbocycles. The molecule has 0 unspecified atom stereocenters. The number of nitrogens with zero attached hydrogens (tertiary/aromatic N) is 3. The molecule has 1 aromatic heterocycles. The van der Waals surface area contributed by atoms with Gasteiger partial charge in [0, 0.05) is 11.9 Å². The Morgan fingerprint density at radius 2 is 2.28 bits per heavy atom. The molecule has 0 bridgehead atoms. The maximum absolute atomic E-state index is 12.2. The topological polar surface area (TPSA) is 91.8 Å². The summed E-state index contributed by atoms with van der Waals surface area (Å²) < 4.78 is 0. The van der Waals surface area contributed by atoms with Crippen molar-refractivity contribution in [3.63, 3.8) is 0 Å². The maximum atomic E-state index is 12.2. The van der Waals surface area contributed by atoms with E-state index >= 15 is 0 Å². The van der Waals surface area contributed by atoms with E-state index < -0.39 is 5.41 Å². The molecule has 7 heteroatoms. The lowest BCUT2D eigenvalue weighted by atomic mass is 9.90. The summed E-state index contributed by atoms with van der Waals surface area (Å²) >= 11 is 1.50. The van der Waals surface area contributed by atoms with E-state index in [1.54, 1.807) is 31.3 Å². The second-order valence-corrected chi connectivity index (χ2v) is 5.57. The molecule has 0 aliphatic heterocycles. The Kier molecular flexibility index (Phi) is 4.28. The lowest BCUT2D eigenvalue weighted by Crippen LogP contribution is -2.46. The number of amidine groups is 1. The Hall–Kier alpha value is -1.63. The molecule has 0 aliphatic carbocycles. The van der Waals surface area contributed by atoms with Gasteiger partial charge in [0.25, 0.3) is 0 Å². The highest BCUT2D eigenvalue weighted by Crippen LogP contribution is 2.21. The summed E-state index contributed by atoms with van der Waals surface area (Å²) in [7, 11) is 1.69. The van der Waals surface area contributed by atoms with E-state index in [1.807, 2.05) is 6.92 Å². The van der Waals surface area contributed by atoms with Crippen LogP contribution in [0.4, 0.5) is 0 Å². The van der Waals surface area contributed by atoms with Gasteiger partial charge in [-0.05, 0) is 20.8 Å². The van der Waals surface area contributed by atoms with Crippen LogP contribution in [0.1, 0.15) is 24.4 Å². The molecule has 0 fully saturated rings. The van der Waals surface area contributed by atoms with Crippen LogP contribution >= 0.6 is 11.3 Å². The fraction of sp³-hybridized carbons (Fsp3) is 0.545. The van der Waals surface area contributed by atoms with Crippen molar-refractivity contribution in [2.75, 3.05) is 7.05 Å². The third kappa shape index (κ3) is 2.79. The third-order valence-electron chi connectivity index (χ3n) is 2.86. The van der Waals surface area contributed by atoms with Crippen LogP contribution in [0, 0.1) is 12.3 Å². The van der Waals surface area contributed by atoms with Crippen molar-refractivity contribution < 1.29 is 10.0 Å². The van der Waals surface area contributed by atoms with Gasteiger partial charge in [-0.25, -0.2) is 4.98 Å². The predicted molar refractivity (Wildman–Crippen MR) is 70.5 cm³/mol. The fourth-order valence-corrected chi connectivity index (χ4v) is 2.31. The molecule has 6 nitrogen and oxygen atoms in total. The van der Waals surface area contributed by atoms with E-state index in [0.29, 0.717) is 6.54 Å². The summed E-state index contributed by atoms with van der Waals surface area (Å²) in [5.41, 5.74) is 7.18. The number of carbonyl (C=O) groups is 1. The highest BCUT2D eigenvalue weighted by Gasteiger charge is 2.35. The van der Waals surface area contributed by atoms with Gasteiger partial charge >= 0.3 is 0 Å². The zero-order valence-corrected chi connectivity index (χ0v) is 11.8. The van der Waals surface area contributed by atoms with Crippen LogP contribution < -0.4 is 5.73 Å². The summed E-state index contributed by atoms with van der Waals surface area (Å²) in [6.45, 7) is 5.62. The molecule has 1 amide bonds. The first-order chi connectivity index (χ1) is 8.30. The Morgan fingerprint density at radius 1 is 1.67 bits per heavy atom. The van der Waals surface area contributed by atoms with Crippen molar-refractivity contribution >= 4 is 23.1 Å². The van der Waals surface area contributed by atoms with Crippen LogP contribution in [0.3, 0.4) is 0 Å². The van der Waals surface area contributed by atoms with Gasteiger partial charge in [0.15, 0.2) is 5.84 Å². The van der Waals surface area contributed by atoms with Crippen molar-refractivity contribution in [3.8, 4) is 0 Å². The van der Waals surface area contributed by atoms with Gasteiger partial charge < -0.3 is 15.8 Å². The van der Waals surface area contributed by atoms with Crippen LogP contribution in [-0.2, 0) is 11.3 Å². The molecular formula is C11H18N4O2S. The maximum Gasteiger partial charge on any atom is 0.236 e. The molecule has 0 aliphatic rings. The fourth-order valence-electron chi connectivity index (χ4n) is 1.48. The van der Waals surface area contributed by atoms with E-state index in [4.69, 9.17) is 10.9 Å². The number of nitrogens with two attached hydrogens (primary N) is 1. The van der Waals surface area contributed by atoms with Crippen molar-refractivity contribution in [1.29, 1.82) is 0 Å². The summed E-state index contributed by atoms with van der Waals surface area (Å²) in [6.07, 6.45) is 0. The van der Waals surface area contributed by atoms with Gasteiger partial charge in [0.2, 0.25) is 5.91 Å². The number of hydrogen-bond donors (Lipinski definition) is 2. The molecule has 18 heavy (non-hydrogen) atoms. The number of hydrogen-bond acceptors (Lipinski definition) is 5. The number of rotatable bonds is 4. The van der Waals surface area contributed by atoms with Gasteiger partial charge in [-0.15, -0.1) is 11.3 Å². The molecule has 1 rings (SSSR count). The van der Waals surface area contributed by atoms with Gasteiger partial charge in [-0.3, -0.25) is 4.79 Å². The monoisotopic (exact) mass is 270 g/mol. The molecule has 100 valence electrons. The first kappa shape index (κ1) is 14.4. The van der Waals surface area contributed by atoms with E-state index in [0.717, 1.165) is 10.6 Å². The molecule has 0 atom stereocenters. The number of amides is 1. The Balaban J connectivity index is 2.82. The number of aromatic nitrogens is 1. The normalized spacial score (nSPS) is 12.6. The summed E-state index contributed by atoms with van der Waals surface area (Å²) in [5, 5.41) is 11.6. The van der Waals surface area contributed by atoms with Crippen molar-refractivity contribution in [2.24, 2.45) is 16.3 Å². The van der Waals surface area contributed by atoms with Crippen molar-refractivity contribution in [2.45, 2.75) is 27.3 Å². The number of thiazole rings is 1. The summed E-state index contributed by atoms with van der Waals surface area (Å²) in [6, 6.07) is 0. The zero-order chi connectivity index (χ0) is 13.9. The Bertz CT molecular complexity index is 467. The summed E-state index contributed by atoms with van der Waals surface area (Å²) in [4.78, 5) is 19.0. The van der Waals surface area contributed by atoms with Crippen LogP contribution in [0.2, 0.25) is 0 Å². The number of oxime groups is 1. The third-order valence-corrected chi connectivity index (χ3v) is 3.77. The van der Waals surface area contributed by atoms with Crippen molar-refractivity contribution in [3.05, 3.63) is 16.1 Å². The first-order valence-electron chi connectivity index (χ1n) is 5.43. The minimum atomic E-state index is -1.03. The molecule has 3 N–H and O–H groups in total. The molecule has 1 aromatic rings. The molecule has 0 saturated carbocycles. The van der Waals surface area contributed by atoms with Crippen LogP contribution in [0.15, 0.2) is 10.7 Å². The second-order valence-electron chi connectivity index (χ2n) is 4.63. The zero-order valence-electron chi connectivity index (χ0n) is 11.0. The largest absolute Gasteiger partial charge is 0.409 e. The molecule has 1 heterocycles. The Labute approximate surface area is 110 Å². The van der Waals surface area contributed by atoms with Crippen LogP contribution in [-0.4, -0.2) is 33.9 Å². The molecule has 0 spiro atoms. The predicted octanol–water partition coefficient (Wildman–Crippen LogP) is 1.18. The van der Waals surface area contributed by atoms with Crippen LogP contribution in [0.25, 0.3) is 0 Å². The minimum Gasteiger partial charge on any atom is -0.409 e. The van der Waals surface area contributed by atoms with E-state index in [9.17, 15) is 4.79 Å². The average Bonchev–Trinajstić information content (AvgIpc) is 2.72. The molecule has 0 saturated heterocycles. The summed E-state index contributed by atoms with van der Waals surface area (Å²) in [5.74, 6) is -0.300. The van der Waals surface area contributed by atoms with E-state index in [2.05, 4.69) is 10.1 Å². The lowest BCUT2D eigenvalue weighted by molar-refractivity contribution is -0.136. The first-order valence-corrected chi connectivity index (χ1v) is 6.31. The highest BCUT2D eigenvalue weighted by molar-refractivity contribution is 7.09. The molecular weight excluding hydrogens is 252 g/mol. The van der Waals surface area contributed by atoms with Gasteiger partial charge in [0.1, 0.15) is 5.41 Å². The SMILES string of the molecule is Cc1ncsc1CN(C)C(=O)C(C)(C)C(N)=NO. The van der Waals surface area contributed by atoms with E-state index in [-0.39, 0.29) is 11.7 Å².